The zero-order chi connectivity index (χ0) is 20.1. The van der Waals surface area contributed by atoms with Crippen molar-refractivity contribution in [3.63, 3.8) is 0 Å². The largest absolute Gasteiger partial charge is 0.371 e. The molecule has 3 rings (SSSR count). The second-order valence-electron chi connectivity index (χ2n) is 8.65. The Hall–Kier alpha value is -2.04. The monoisotopic (exact) mass is 385 g/mol. The second kappa shape index (κ2) is 9.44. The molecule has 1 saturated heterocycles. The van der Waals surface area contributed by atoms with Gasteiger partial charge >= 0.3 is 0 Å². The van der Waals surface area contributed by atoms with E-state index < -0.39 is 0 Å². The fourth-order valence-electron chi connectivity index (χ4n) is 4.39. The minimum absolute atomic E-state index is 0.0201. The van der Waals surface area contributed by atoms with Crippen LogP contribution in [0.3, 0.4) is 0 Å². The first-order valence-electron chi connectivity index (χ1n) is 10.9. The maximum atomic E-state index is 13.2. The van der Waals surface area contributed by atoms with Crippen LogP contribution in [0.5, 0.6) is 0 Å². The highest BCUT2D eigenvalue weighted by Crippen LogP contribution is 2.28. The minimum Gasteiger partial charge on any atom is -0.371 e. The van der Waals surface area contributed by atoms with Crippen molar-refractivity contribution in [1.29, 1.82) is 0 Å². The smallest absolute Gasteiger partial charge is 0.255 e. The Bertz CT molecular complexity index is 674. The van der Waals surface area contributed by atoms with Gasteiger partial charge in [0.2, 0.25) is 5.91 Å². The molecule has 1 aliphatic heterocycles. The van der Waals surface area contributed by atoms with Crippen LogP contribution in [0, 0.1) is 5.92 Å². The predicted octanol–water partition coefficient (Wildman–Crippen LogP) is 3.83. The van der Waals surface area contributed by atoms with Crippen LogP contribution in [0.2, 0.25) is 0 Å². The molecule has 154 valence electrons. The van der Waals surface area contributed by atoms with Gasteiger partial charge in [0, 0.05) is 43.8 Å². The van der Waals surface area contributed by atoms with Gasteiger partial charge in [-0.3, -0.25) is 9.59 Å². The summed E-state index contributed by atoms with van der Waals surface area (Å²) in [5.74, 6) is 0.285. The molecule has 1 aliphatic carbocycles. The summed E-state index contributed by atoms with van der Waals surface area (Å²) in [7, 11) is 1.96. The molecule has 0 spiro atoms. The summed E-state index contributed by atoms with van der Waals surface area (Å²) < 4.78 is 0. The van der Waals surface area contributed by atoms with Gasteiger partial charge < -0.3 is 15.1 Å². The number of para-hydroxylation sites is 1. The Labute approximate surface area is 169 Å². The van der Waals surface area contributed by atoms with Crippen molar-refractivity contribution >= 4 is 17.5 Å². The van der Waals surface area contributed by atoms with Crippen LogP contribution in [0.4, 0.5) is 5.69 Å². The number of carbonyl (C=O) groups is 2. The van der Waals surface area contributed by atoms with Gasteiger partial charge in [0.15, 0.2) is 0 Å². The summed E-state index contributed by atoms with van der Waals surface area (Å²) in [6.07, 6.45) is 7.80. The van der Waals surface area contributed by atoms with Gasteiger partial charge in [0.05, 0.1) is 5.56 Å². The maximum absolute atomic E-state index is 13.2. The Balaban J connectivity index is 1.66. The Morgan fingerprint density at radius 1 is 1.04 bits per heavy atom. The average molecular weight is 386 g/mol. The number of piperidine rings is 1. The van der Waals surface area contributed by atoms with Crippen molar-refractivity contribution in [2.45, 2.75) is 70.9 Å². The second-order valence-corrected chi connectivity index (χ2v) is 8.65. The third-order valence-corrected chi connectivity index (χ3v) is 6.28. The Morgan fingerprint density at radius 2 is 1.68 bits per heavy atom. The standard InChI is InChI=1S/C23H35N3O2/c1-17(2)22(27)24-18-13-15-26(16-14-18)21-12-8-7-11-20(21)23(28)25(3)19-9-5-4-6-10-19/h7-8,11-12,17-19H,4-6,9-10,13-16H2,1-3H3,(H,24,27). The number of nitrogens with one attached hydrogen (secondary N) is 1. The zero-order valence-corrected chi connectivity index (χ0v) is 17.6. The van der Waals surface area contributed by atoms with E-state index in [1.54, 1.807) is 0 Å². The number of hydrogen-bond donors (Lipinski definition) is 1. The molecular weight excluding hydrogens is 350 g/mol. The quantitative estimate of drug-likeness (QED) is 0.838. The van der Waals surface area contributed by atoms with E-state index in [4.69, 9.17) is 0 Å². The van der Waals surface area contributed by atoms with Crippen molar-refractivity contribution in [1.82, 2.24) is 10.2 Å². The van der Waals surface area contributed by atoms with E-state index in [0.717, 1.165) is 50.0 Å². The molecule has 0 unspecified atom stereocenters. The normalized spacial score (nSPS) is 18.9. The highest BCUT2D eigenvalue weighted by molar-refractivity contribution is 5.99. The molecule has 2 amide bonds. The molecule has 28 heavy (non-hydrogen) atoms. The van der Waals surface area contributed by atoms with Crippen molar-refractivity contribution < 1.29 is 9.59 Å². The predicted molar refractivity (Wildman–Crippen MR) is 114 cm³/mol. The van der Waals surface area contributed by atoms with Crippen LogP contribution in [-0.2, 0) is 4.79 Å². The molecule has 1 aromatic carbocycles. The van der Waals surface area contributed by atoms with Gasteiger partial charge in [-0.1, -0.05) is 45.2 Å². The van der Waals surface area contributed by atoms with Crippen LogP contribution in [0.15, 0.2) is 24.3 Å². The molecule has 1 heterocycles. The third-order valence-electron chi connectivity index (χ3n) is 6.28. The van der Waals surface area contributed by atoms with E-state index in [2.05, 4.69) is 16.3 Å². The van der Waals surface area contributed by atoms with Crippen LogP contribution < -0.4 is 10.2 Å². The molecule has 1 saturated carbocycles. The lowest BCUT2D eigenvalue weighted by atomic mass is 9.94. The van der Waals surface area contributed by atoms with Crippen molar-refractivity contribution in [2.75, 3.05) is 25.0 Å². The first-order chi connectivity index (χ1) is 13.5. The maximum Gasteiger partial charge on any atom is 0.255 e. The van der Waals surface area contributed by atoms with Gasteiger partial charge in [-0.15, -0.1) is 0 Å². The van der Waals surface area contributed by atoms with Crippen molar-refractivity contribution in [2.24, 2.45) is 5.92 Å². The molecule has 0 aromatic heterocycles. The third kappa shape index (κ3) is 4.86. The molecule has 5 heteroatoms. The summed E-state index contributed by atoms with van der Waals surface area (Å²) >= 11 is 0. The first kappa shape index (κ1) is 20.7. The van der Waals surface area contributed by atoms with Crippen LogP contribution >= 0.6 is 0 Å². The highest BCUT2D eigenvalue weighted by atomic mass is 16.2. The number of benzene rings is 1. The number of carbonyl (C=O) groups excluding carboxylic acids is 2. The number of amides is 2. The first-order valence-corrected chi connectivity index (χ1v) is 10.9. The zero-order valence-electron chi connectivity index (χ0n) is 17.6. The lowest BCUT2D eigenvalue weighted by Crippen LogP contribution is -2.46. The molecule has 1 aromatic rings. The summed E-state index contributed by atoms with van der Waals surface area (Å²) in [6, 6.07) is 8.60. The van der Waals surface area contributed by atoms with Crippen molar-refractivity contribution in [3.05, 3.63) is 29.8 Å². The summed E-state index contributed by atoms with van der Waals surface area (Å²) in [5.41, 5.74) is 1.84. The van der Waals surface area contributed by atoms with Gasteiger partial charge in [-0.2, -0.15) is 0 Å². The summed E-state index contributed by atoms with van der Waals surface area (Å²) in [6.45, 7) is 5.57. The van der Waals surface area contributed by atoms with E-state index in [9.17, 15) is 9.59 Å². The average Bonchev–Trinajstić information content (AvgIpc) is 2.74. The number of anilines is 1. The topological polar surface area (TPSA) is 52.7 Å². The van der Waals surface area contributed by atoms with Gasteiger partial charge in [0.25, 0.3) is 5.91 Å². The van der Waals surface area contributed by atoms with Crippen LogP contribution in [0.25, 0.3) is 0 Å². The van der Waals surface area contributed by atoms with E-state index >= 15 is 0 Å². The van der Waals surface area contributed by atoms with Crippen LogP contribution in [-0.4, -0.2) is 48.9 Å². The lowest BCUT2D eigenvalue weighted by molar-refractivity contribution is -0.124. The molecular formula is C23H35N3O2. The van der Waals surface area contributed by atoms with Gasteiger partial charge in [0.1, 0.15) is 0 Å². The summed E-state index contributed by atoms with van der Waals surface area (Å²) in [4.78, 5) is 29.5. The number of hydrogen-bond acceptors (Lipinski definition) is 3. The van der Waals surface area contributed by atoms with E-state index in [1.807, 2.05) is 44.0 Å². The van der Waals surface area contributed by atoms with Crippen molar-refractivity contribution in [3.8, 4) is 0 Å². The Kier molecular flexibility index (Phi) is 6.97. The molecule has 2 aliphatic rings. The molecule has 1 N–H and O–H groups in total. The van der Waals surface area contributed by atoms with E-state index in [0.29, 0.717) is 6.04 Å². The highest BCUT2D eigenvalue weighted by Gasteiger charge is 2.27. The van der Waals surface area contributed by atoms with Crippen LogP contribution in [0.1, 0.15) is 69.2 Å². The molecule has 2 fully saturated rings. The molecule has 0 bridgehead atoms. The molecule has 0 atom stereocenters. The molecule has 5 nitrogen and oxygen atoms in total. The minimum atomic E-state index is 0.0201. The lowest BCUT2D eigenvalue weighted by Gasteiger charge is -2.36. The van der Waals surface area contributed by atoms with Gasteiger partial charge in [-0.05, 0) is 37.8 Å². The SMILES string of the molecule is CC(C)C(=O)NC1CCN(c2ccccc2C(=O)N(C)C2CCCCC2)CC1. The fraction of sp³-hybridized carbons (Fsp3) is 0.652. The van der Waals surface area contributed by atoms with Gasteiger partial charge in [-0.25, -0.2) is 0 Å². The van der Waals surface area contributed by atoms with E-state index in [1.165, 1.54) is 19.3 Å². The van der Waals surface area contributed by atoms with E-state index in [-0.39, 0.29) is 23.8 Å². The molecule has 0 radical (unpaired) electrons. The summed E-state index contributed by atoms with van der Waals surface area (Å²) in [5, 5.41) is 3.15. The Morgan fingerprint density at radius 3 is 2.32 bits per heavy atom. The number of rotatable bonds is 5. The number of nitrogens with zero attached hydrogens (tertiary/aromatic N) is 2. The fourth-order valence-corrected chi connectivity index (χ4v) is 4.39.